The first-order chi connectivity index (χ1) is 9.62. The Morgan fingerprint density at radius 3 is 2.48 bits per heavy atom. The molecule has 0 bridgehead atoms. The predicted molar refractivity (Wildman–Crippen MR) is 78.0 cm³/mol. The Morgan fingerprint density at radius 1 is 1.33 bits per heavy atom. The van der Waals surface area contributed by atoms with Crippen molar-refractivity contribution in [1.29, 1.82) is 0 Å². The molecule has 0 aromatic heterocycles. The Labute approximate surface area is 125 Å². The molecule has 0 aliphatic rings. The molecule has 0 unspecified atom stereocenters. The van der Waals surface area contributed by atoms with Crippen molar-refractivity contribution in [3.05, 3.63) is 29.3 Å². The molecule has 1 atom stereocenters. The van der Waals surface area contributed by atoms with Gasteiger partial charge in [-0.25, -0.2) is 0 Å². The van der Waals surface area contributed by atoms with Crippen molar-refractivity contribution in [3.63, 3.8) is 0 Å². The van der Waals surface area contributed by atoms with Crippen LogP contribution in [0.5, 0.6) is 5.75 Å². The number of carboxylic acids is 1. The lowest BCUT2D eigenvalue weighted by molar-refractivity contribution is -0.307. The highest BCUT2D eigenvalue weighted by atomic mass is 16.5. The summed E-state index contributed by atoms with van der Waals surface area (Å²) in [6.45, 7) is 9.21. The summed E-state index contributed by atoms with van der Waals surface area (Å²) in [5, 5.41) is 12.9. The Kier molecular flexibility index (Phi) is 5.35. The molecule has 0 spiro atoms. The van der Waals surface area contributed by atoms with Gasteiger partial charge in [-0.2, -0.15) is 0 Å². The second-order valence-corrected chi connectivity index (χ2v) is 6.10. The minimum atomic E-state index is -1.32. The van der Waals surface area contributed by atoms with Crippen LogP contribution >= 0.6 is 0 Å². The molecule has 0 aliphatic heterocycles. The lowest BCUT2D eigenvalue weighted by Crippen LogP contribution is -2.47. The zero-order valence-corrected chi connectivity index (χ0v) is 13.1. The van der Waals surface area contributed by atoms with Crippen LogP contribution < -0.4 is 15.2 Å². The van der Waals surface area contributed by atoms with E-state index in [1.54, 1.807) is 0 Å². The van der Waals surface area contributed by atoms with Crippen LogP contribution in [0.15, 0.2) is 18.2 Å². The van der Waals surface area contributed by atoms with Crippen LogP contribution in [0.4, 0.5) is 0 Å². The van der Waals surface area contributed by atoms with Gasteiger partial charge in [0.15, 0.2) is 6.61 Å². The molecule has 116 valence electrons. The van der Waals surface area contributed by atoms with E-state index in [1.807, 2.05) is 25.1 Å². The molecule has 0 heterocycles. The van der Waals surface area contributed by atoms with E-state index in [1.165, 1.54) is 6.92 Å². The molecular weight excluding hydrogens is 270 g/mol. The molecule has 1 amide bonds. The number of aryl methyl sites for hydroxylation is 1. The maximum absolute atomic E-state index is 11.7. The fourth-order valence-corrected chi connectivity index (χ4v) is 1.91. The van der Waals surface area contributed by atoms with Crippen molar-refractivity contribution in [2.24, 2.45) is 0 Å². The van der Waals surface area contributed by atoms with Crippen molar-refractivity contribution < 1.29 is 19.4 Å². The summed E-state index contributed by atoms with van der Waals surface area (Å²) >= 11 is 0. The topological polar surface area (TPSA) is 78.5 Å². The van der Waals surface area contributed by atoms with Crippen LogP contribution in [0, 0.1) is 6.92 Å². The fraction of sp³-hybridized carbons (Fsp3) is 0.500. The zero-order chi connectivity index (χ0) is 16.2. The number of ether oxygens (including phenoxy) is 1. The Balaban J connectivity index is 2.80. The molecule has 1 aromatic carbocycles. The highest BCUT2D eigenvalue weighted by Crippen LogP contribution is 2.33. The number of benzene rings is 1. The van der Waals surface area contributed by atoms with Crippen molar-refractivity contribution in [2.45, 2.75) is 46.1 Å². The van der Waals surface area contributed by atoms with Crippen LogP contribution in [0.25, 0.3) is 0 Å². The lowest BCUT2D eigenvalue weighted by Gasteiger charge is -2.24. The number of hydrogen-bond acceptors (Lipinski definition) is 4. The quantitative estimate of drug-likeness (QED) is 0.875. The average molecular weight is 292 g/mol. The summed E-state index contributed by atoms with van der Waals surface area (Å²) in [5.74, 6) is -1.15. The Morgan fingerprint density at radius 2 is 1.95 bits per heavy atom. The van der Waals surface area contributed by atoms with Crippen LogP contribution in [-0.4, -0.2) is 24.5 Å². The lowest BCUT2D eigenvalue weighted by atomic mass is 9.85. The minimum absolute atomic E-state index is 0.115. The summed E-state index contributed by atoms with van der Waals surface area (Å²) in [5.41, 5.74) is 1.82. The number of carboxylic acid groups (broad SMARTS) is 1. The van der Waals surface area contributed by atoms with Crippen molar-refractivity contribution in [1.82, 2.24) is 5.32 Å². The number of rotatable bonds is 5. The maximum atomic E-state index is 11.7. The molecule has 0 fully saturated rings. The van der Waals surface area contributed by atoms with Gasteiger partial charge in [-0.1, -0.05) is 39.0 Å². The van der Waals surface area contributed by atoms with E-state index in [0.29, 0.717) is 5.75 Å². The second kappa shape index (κ2) is 6.61. The van der Waals surface area contributed by atoms with Crippen LogP contribution in [0.2, 0.25) is 0 Å². The highest BCUT2D eigenvalue weighted by molar-refractivity contribution is 5.83. The van der Waals surface area contributed by atoms with Gasteiger partial charge in [-0.05, 0) is 30.4 Å². The van der Waals surface area contributed by atoms with Gasteiger partial charge in [0.05, 0.1) is 12.0 Å². The predicted octanol–water partition coefficient (Wildman–Crippen LogP) is 0.926. The summed E-state index contributed by atoms with van der Waals surface area (Å²) in [6, 6.07) is 4.78. The maximum Gasteiger partial charge on any atom is 0.258 e. The van der Waals surface area contributed by atoms with Gasteiger partial charge in [0.1, 0.15) is 5.75 Å². The fourth-order valence-electron chi connectivity index (χ4n) is 1.91. The van der Waals surface area contributed by atoms with Gasteiger partial charge in [0, 0.05) is 0 Å². The van der Waals surface area contributed by atoms with Crippen LogP contribution in [-0.2, 0) is 15.0 Å². The van der Waals surface area contributed by atoms with Gasteiger partial charge < -0.3 is 20.0 Å². The first-order valence-corrected chi connectivity index (χ1v) is 6.86. The normalized spacial score (nSPS) is 12.6. The number of para-hydroxylation sites is 1. The summed E-state index contributed by atoms with van der Waals surface area (Å²) in [7, 11) is 0. The molecule has 0 saturated carbocycles. The number of carbonyl (C=O) groups is 2. The van der Waals surface area contributed by atoms with Gasteiger partial charge in [0.2, 0.25) is 0 Å². The smallest absolute Gasteiger partial charge is 0.258 e. The number of hydrogen-bond donors (Lipinski definition) is 1. The number of amides is 1. The molecule has 1 aromatic rings. The minimum Gasteiger partial charge on any atom is -0.548 e. The molecule has 0 radical (unpaired) electrons. The SMILES string of the molecule is Cc1cccc(C(C)(C)C)c1OCC(=O)N[C@@H](C)C(=O)[O-]. The molecule has 0 aliphatic carbocycles. The third kappa shape index (κ3) is 4.77. The standard InChI is InChI=1S/C16H23NO4/c1-10-7-6-8-12(16(3,4)5)14(10)21-9-13(18)17-11(2)15(19)20/h6-8,11H,9H2,1-5H3,(H,17,18)(H,19,20)/p-1/t11-/m0/s1. The van der Waals surface area contributed by atoms with E-state index in [0.717, 1.165) is 11.1 Å². The van der Waals surface area contributed by atoms with Gasteiger partial charge in [0.25, 0.3) is 5.91 Å². The number of carbonyl (C=O) groups excluding carboxylic acids is 2. The largest absolute Gasteiger partial charge is 0.548 e. The first kappa shape index (κ1) is 17.0. The highest BCUT2D eigenvalue weighted by Gasteiger charge is 2.20. The zero-order valence-electron chi connectivity index (χ0n) is 13.1. The van der Waals surface area contributed by atoms with E-state index in [4.69, 9.17) is 4.74 Å². The molecule has 1 N–H and O–H groups in total. The van der Waals surface area contributed by atoms with Gasteiger partial charge in [-0.3, -0.25) is 4.79 Å². The van der Waals surface area contributed by atoms with Gasteiger partial charge >= 0.3 is 0 Å². The first-order valence-electron chi connectivity index (χ1n) is 6.86. The monoisotopic (exact) mass is 292 g/mol. The van der Waals surface area contributed by atoms with Crippen molar-refractivity contribution >= 4 is 11.9 Å². The third-order valence-corrected chi connectivity index (χ3v) is 3.10. The van der Waals surface area contributed by atoms with Crippen molar-refractivity contribution in [3.8, 4) is 5.75 Å². The van der Waals surface area contributed by atoms with Crippen molar-refractivity contribution in [2.75, 3.05) is 6.61 Å². The second-order valence-electron chi connectivity index (χ2n) is 6.10. The molecule has 1 rings (SSSR count). The van der Waals surface area contributed by atoms with E-state index in [2.05, 4.69) is 26.1 Å². The van der Waals surface area contributed by atoms with E-state index >= 15 is 0 Å². The molecule has 5 nitrogen and oxygen atoms in total. The number of nitrogens with one attached hydrogen (secondary N) is 1. The Bertz CT molecular complexity index is 532. The third-order valence-electron chi connectivity index (χ3n) is 3.10. The summed E-state index contributed by atoms with van der Waals surface area (Å²) in [4.78, 5) is 22.3. The molecular formula is C16H22NO4-. The van der Waals surface area contributed by atoms with Gasteiger partial charge in [-0.15, -0.1) is 0 Å². The summed E-state index contributed by atoms with van der Waals surface area (Å²) < 4.78 is 5.61. The molecule has 5 heteroatoms. The Hall–Kier alpha value is -2.04. The average Bonchev–Trinajstić information content (AvgIpc) is 2.35. The van der Waals surface area contributed by atoms with Crippen LogP contribution in [0.3, 0.4) is 0 Å². The van der Waals surface area contributed by atoms with E-state index in [9.17, 15) is 14.7 Å². The number of aliphatic carboxylic acids is 1. The van der Waals surface area contributed by atoms with E-state index in [-0.39, 0.29) is 12.0 Å². The molecule has 0 saturated heterocycles. The van der Waals surface area contributed by atoms with Crippen LogP contribution in [0.1, 0.15) is 38.8 Å². The summed E-state index contributed by atoms with van der Waals surface area (Å²) in [6.07, 6.45) is 0. The molecule has 21 heavy (non-hydrogen) atoms. The van der Waals surface area contributed by atoms with E-state index < -0.39 is 17.9 Å².